The van der Waals surface area contributed by atoms with Gasteiger partial charge in [0, 0.05) is 11.1 Å². The average Bonchev–Trinajstić information content (AvgIpc) is 2.43. The monoisotopic (exact) mass is 328 g/mol. The summed E-state index contributed by atoms with van der Waals surface area (Å²) in [5.41, 5.74) is 4.92. The van der Waals surface area contributed by atoms with Gasteiger partial charge in [0.15, 0.2) is 0 Å². The van der Waals surface area contributed by atoms with E-state index in [-0.39, 0.29) is 6.04 Å². The molecule has 0 aliphatic heterocycles. The molecule has 5 heteroatoms. The first-order valence-electron chi connectivity index (χ1n) is 6.23. The van der Waals surface area contributed by atoms with Crippen LogP contribution < -0.4 is 11.3 Å². The van der Waals surface area contributed by atoms with Gasteiger partial charge in [-0.15, -0.1) is 0 Å². The Labute approximate surface area is 133 Å². The van der Waals surface area contributed by atoms with Gasteiger partial charge in [0.1, 0.15) is 0 Å². The maximum Gasteiger partial charge on any atom is 0.0624 e. The molecule has 0 amide bonds. The Morgan fingerprint density at radius 2 is 1.75 bits per heavy atom. The minimum Gasteiger partial charge on any atom is -0.271 e. The van der Waals surface area contributed by atoms with E-state index in [4.69, 9.17) is 40.6 Å². The van der Waals surface area contributed by atoms with E-state index in [0.29, 0.717) is 16.5 Å². The van der Waals surface area contributed by atoms with Crippen molar-refractivity contribution in [2.75, 3.05) is 0 Å². The van der Waals surface area contributed by atoms with E-state index < -0.39 is 0 Å². The molecule has 2 rings (SSSR count). The lowest BCUT2D eigenvalue weighted by Gasteiger charge is -2.17. The van der Waals surface area contributed by atoms with E-state index in [0.717, 1.165) is 22.6 Å². The minimum absolute atomic E-state index is 0.0597. The summed E-state index contributed by atoms with van der Waals surface area (Å²) >= 11 is 18.2. The molecule has 0 saturated carbocycles. The van der Waals surface area contributed by atoms with Gasteiger partial charge in [-0.25, -0.2) is 0 Å². The van der Waals surface area contributed by atoms with Gasteiger partial charge in [0.05, 0.1) is 10.0 Å². The van der Waals surface area contributed by atoms with Gasteiger partial charge in [-0.2, -0.15) is 0 Å². The summed E-state index contributed by atoms with van der Waals surface area (Å²) in [5, 5.41) is 1.86. The summed E-state index contributed by atoms with van der Waals surface area (Å²) < 4.78 is 0. The van der Waals surface area contributed by atoms with Gasteiger partial charge in [-0.1, -0.05) is 59.1 Å². The van der Waals surface area contributed by atoms with Crippen molar-refractivity contribution in [2.45, 2.75) is 18.9 Å². The summed E-state index contributed by atoms with van der Waals surface area (Å²) in [6, 6.07) is 13.4. The number of benzene rings is 2. The van der Waals surface area contributed by atoms with Crippen LogP contribution in [0.5, 0.6) is 0 Å². The fourth-order valence-corrected chi connectivity index (χ4v) is 2.72. The van der Waals surface area contributed by atoms with Gasteiger partial charge >= 0.3 is 0 Å². The second kappa shape index (κ2) is 7.30. The van der Waals surface area contributed by atoms with E-state index in [1.165, 1.54) is 0 Å². The van der Waals surface area contributed by atoms with Crippen LogP contribution >= 0.6 is 34.8 Å². The van der Waals surface area contributed by atoms with Crippen LogP contribution in [-0.2, 0) is 12.8 Å². The van der Waals surface area contributed by atoms with Crippen LogP contribution in [0.15, 0.2) is 42.5 Å². The lowest BCUT2D eigenvalue weighted by molar-refractivity contribution is 0.522. The molecule has 0 aliphatic carbocycles. The second-order valence-corrected chi connectivity index (χ2v) is 5.84. The minimum atomic E-state index is 0.0597. The Bertz CT molecular complexity index is 587. The third-order valence-electron chi connectivity index (χ3n) is 3.10. The predicted molar refractivity (Wildman–Crippen MR) is 86.4 cm³/mol. The molecule has 0 aliphatic rings. The molecule has 0 radical (unpaired) electrons. The molecule has 20 heavy (non-hydrogen) atoms. The highest BCUT2D eigenvalue weighted by Gasteiger charge is 2.12. The molecule has 2 nitrogen and oxygen atoms in total. The zero-order chi connectivity index (χ0) is 14.5. The fraction of sp³-hybridized carbons (Fsp3) is 0.200. The Morgan fingerprint density at radius 1 is 1.00 bits per heavy atom. The van der Waals surface area contributed by atoms with E-state index in [1.54, 1.807) is 6.07 Å². The van der Waals surface area contributed by atoms with Crippen molar-refractivity contribution in [3.05, 3.63) is 68.7 Å². The van der Waals surface area contributed by atoms with E-state index in [2.05, 4.69) is 5.43 Å². The van der Waals surface area contributed by atoms with Gasteiger partial charge in [0.25, 0.3) is 0 Å². The summed E-state index contributed by atoms with van der Waals surface area (Å²) in [6.07, 6.45) is 1.46. The first-order chi connectivity index (χ1) is 9.60. The molecule has 2 aromatic carbocycles. The molecule has 1 atom stereocenters. The third kappa shape index (κ3) is 4.11. The molecule has 3 N–H and O–H groups in total. The molecular weight excluding hydrogens is 315 g/mol. The first-order valence-corrected chi connectivity index (χ1v) is 7.37. The zero-order valence-corrected chi connectivity index (χ0v) is 13.0. The van der Waals surface area contributed by atoms with Crippen LogP contribution in [-0.4, -0.2) is 6.04 Å². The van der Waals surface area contributed by atoms with Crippen LogP contribution in [0.4, 0.5) is 0 Å². The van der Waals surface area contributed by atoms with Crippen molar-refractivity contribution >= 4 is 34.8 Å². The molecular formula is C15H15Cl3N2. The van der Waals surface area contributed by atoms with Crippen molar-refractivity contribution in [1.29, 1.82) is 0 Å². The number of hydrogen-bond acceptors (Lipinski definition) is 2. The normalized spacial score (nSPS) is 12.4. The van der Waals surface area contributed by atoms with Crippen LogP contribution in [0.2, 0.25) is 15.1 Å². The van der Waals surface area contributed by atoms with Crippen molar-refractivity contribution < 1.29 is 0 Å². The zero-order valence-electron chi connectivity index (χ0n) is 10.7. The number of nitrogens with two attached hydrogens (primary N) is 1. The summed E-state index contributed by atoms with van der Waals surface area (Å²) in [5.74, 6) is 5.64. The van der Waals surface area contributed by atoms with Crippen LogP contribution in [0.25, 0.3) is 0 Å². The van der Waals surface area contributed by atoms with E-state index >= 15 is 0 Å². The molecule has 106 valence electrons. The molecule has 0 heterocycles. The highest BCUT2D eigenvalue weighted by atomic mass is 35.5. The number of rotatable bonds is 5. The van der Waals surface area contributed by atoms with Crippen molar-refractivity contribution in [2.24, 2.45) is 5.84 Å². The Hall–Kier alpha value is -0.770. The Kier molecular flexibility index (Phi) is 5.70. The second-order valence-electron chi connectivity index (χ2n) is 4.61. The van der Waals surface area contributed by atoms with Crippen LogP contribution in [0.3, 0.4) is 0 Å². The Balaban J connectivity index is 2.11. The van der Waals surface area contributed by atoms with Crippen molar-refractivity contribution in [1.82, 2.24) is 5.43 Å². The summed E-state index contributed by atoms with van der Waals surface area (Å²) in [7, 11) is 0. The SMILES string of the molecule is NNC(Cc1cccc(Cl)c1)Cc1cccc(Cl)c1Cl. The fourth-order valence-electron chi connectivity index (χ4n) is 2.11. The van der Waals surface area contributed by atoms with E-state index in [1.807, 2.05) is 36.4 Å². The lowest BCUT2D eigenvalue weighted by atomic mass is 9.99. The van der Waals surface area contributed by atoms with Crippen molar-refractivity contribution in [3.8, 4) is 0 Å². The highest BCUT2D eigenvalue weighted by Crippen LogP contribution is 2.26. The summed E-state index contributed by atoms with van der Waals surface area (Å²) in [6.45, 7) is 0. The number of nitrogens with one attached hydrogen (secondary N) is 1. The molecule has 0 fully saturated rings. The van der Waals surface area contributed by atoms with Crippen molar-refractivity contribution in [3.63, 3.8) is 0 Å². The predicted octanol–water partition coefficient (Wildman–Crippen LogP) is 4.26. The summed E-state index contributed by atoms with van der Waals surface area (Å²) in [4.78, 5) is 0. The highest BCUT2D eigenvalue weighted by molar-refractivity contribution is 6.42. The molecule has 2 aromatic rings. The molecule has 1 unspecified atom stereocenters. The topological polar surface area (TPSA) is 38.0 Å². The number of hydrogen-bond donors (Lipinski definition) is 2. The largest absolute Gasteiger partial charge is 0.271 e. The molecule has 0 aromatic heterocycles. The molecule has 0 spiro atoms. The molecule has 0 bridgehead atoms. The van der Waals surface area contributed by atoms with Crippen LogP contribution in [0, 0.1) is 0 Å². The first kappa shape index (κ1) is 15.6. The maximum atomic E-state index is 6.20. The van der Waals surface area contributed by atoms with Gasteiger partial charge in [0.2, 0.25) is 0 Å². The smallest absolute Gasteiger partial charge is 0.0624 e. The van der Waals surface area contributed by atoms with Gasteiger partial charge < -0.3 is 0 Å². The van der Waals surface area contributed by atoms with Gasteiger partial charge in [-0.05, 0) is 42.2 Å². The van der Waals surface area contributed by atoms with E-state index in [9.17, 15) is 0 Å². The third-order valence-corrected chi connectivity index (χ3v) is 4.20. The van der Waals surface area contributed by atoms with Gasteiger partial charge in [-0.3, -0.25) is 11.3 Å². The number of halogens is 3. The maximum absolute atomic E-state index is 6.20. The molecule has 0 saturated heterocycles. The quantitative estimate of drug-likeness (QED) is 0.635. The van der Waals surface area contributed by atoms with Crippen LogP contribution in [0.1, 0.15) is 11.1 Å². The number of hydrazine groups is 1. The lowest BCUT2D eigenvalue weighted by Crippen LogP contribution is -2.38. The average molecular weight is 330 g/mol. The Morgan fingerprint density at radius 3 is 2.45 bits per heavy atom. The standard InChI is InChI=1S/C15H15Cl3N2/c16-12-5-1-3-10(7-12)8-13(20-19)9-11-4-2-6-14(17)15(11)18/h1-7,13,20H,8-9,19H2.